The summed E-state index contributed by atoms with van der Waals surface area (Å²) in [6.07, 6.45) is -0.183. The van der Waals surface area contributed by atoms with E-state index < -0.39 is 12.0 Å². The lowest BCUT2D eigenvalue weighted by Crippen LogP contribution is -2.38. The molecule has 2 aromatic rings. The van der Waals surface area contributed by atoms with Gasteiger partial charge in [0.1, 0.15) is 5.82 Å². The lowest BCUT2D eigenvalue weighted by atomic mass is 9.93. The molecule has 0 spiro atoms. The van der Waals surface area contributed by atoms with Crippen LogP contribution in [0.2, 0.25) is 0 Å². The van der Waals surface area contributed by atoms with Crippen molar-refractivity contribution in [1.29, 1.82) is 0 Å². The van der Waals surface area contributed by atoms with Crippen molar-refractivity contribution in [2.75, 3.05) is 0 Å². The zero-order valence-corrected chi connectivity index (χ0v) is 21.0. The number of aryl methyl sites for hydroxylation is 1. The topological polar surface area (TPSA) is 71.0 Å². The molecule has 182 valence electrons. The van der Waals surface area contributed by atoms with Crippen LogP contribution in [0, 0.1) is 12.7 Å². The van der Waals surface area contributed by atoms with Crippen LogP contribution in [-0.2, 0) is 20.9 Å². The monoisotopic (exact) mass is 493 g/mol. The van der Waals surface area contributed by atoms with Crippen molar-refractivity contribution >= 4 is 28.8 Å². The summed E-state index contributed by atoms with van der Waals surface area (Å²) < 4.78 is 19.0. The minimum absolute atomic E-state index is 0.0925. The van der Waals surface area contributed by atoms with Gasteiger partial charge >= 0.3 is 5.97 Å². The van der Waals surface area contributed by atoms with Crippen LogP contribution in [0.3, 0.4) is 0 Å². The van der Waals surface area contributed by atoms with Crippen LogP contribution in [0.15, 0.2) is 75.9 Å². The summed E-state index contributed by atoms with van der Waals surface area (Å²) in [5.41, 5.74) is 4.46. The number of aliphatic imine (C=N–C) groups is 1. The molecule has 2 aromatic carbocycles. The molecular formula is C27H28FN3O3S. The first kappa shape index (κ1) is 24.7. The number of halogens is 1. The molecule has 0 aromatic heterocycles. The number of carbonyl (C=O) groups is 2. The highest BCUT2D eigenvalue weighted by Crippen LogP contribution is 2.45. The third-order valence-corrected chi connectivity index (χ3v) is 6.53. The van der Waals surface area contributed by atoms with Gasteiger partial charge in [-0.3, -0.25) is 4.79 Å². The molecule has 0 aliphatic carbocycles. The van der Waals surface area contributed by atoms with E-state index in [-0.39, 0.29) is 30.8 Å². The fourth-order valence-corrected chi connectivity index (χ4v) is 5.10. The third-order valence-electron chi connectivity index (χ3n) is 5.64. The molecule has 1 N–H and O–H groups in total. The molecule has 2 aliphatic rings. The van der Waals surface area contributed by atoms with Gasteiger partial charge in [0, 0.05) is 12.2 Å². The lowest BCUT2D eigenvalue weighted by molar-refractivity contribution is -0.143. The summed E-state index contributed by atoms with van der Waals surface area (Å²) in [7, 11) is 0. The summed E-state index contributed by atoms with van der Waals surface area (Å²) in [6, 6.07) is 13.6. The van der Waals surface area contributed by atoms with Gasteiger partial charge in [-0.05, 0) is 56.4 Å². The van der Waals surface area contributed by atoms with Crippen molar-refractivity contribution in [3.8, 4) is 0 Å². The van der Waals surface area contributed by atoms with Crippen LogP contribution in [0.4, 0.5) is 4.39 Å². The number of esters is 1. The van der Waals surface area contributed by atoms with Crippen molar-refractivity contribution in [1.82, 2.24) is 10.2 Å². The van der Waals surface area contributed by atoms with E-state index in [4.69, 9.17) is 4.74 Å². The molecule has 4 rings (SSSR count). The van der Waals surface area contributed by atoms with Gasteiger partial charge in [0.2, 0.25) is 5.91 Å². The van der Waals surface area contributed by atoms with E-state index in [1.807, 2.05) is 62.3 Å². The standard InChI is InChI=1S/C27H28FN3O3S/c1-16(2)34-26(33)24-18(4)30-27-31(25(24)20-9-5-7-17(3)11-20)22(15-35-27)13-23(32)29-14-19-8-6-10-21(28)12-19/h5-12,15-16,25H,13-14H2,1-4H3,(H,29,32)/t25-/m0/s1. The molecule has 2 aliphatic heterocycles. The quantitative estimate of drug-likeness (QED) is 0.526. The second-order valence-electron chi connectivity index (χ2n) is 8.84. The molecule has 0 saturated carbocycles. The number of ether oxygens (including phenoxy) is 1. The fraction of sp³-hybridized carbons (Fsp3) is 0.296. The van der Waals surface area contributed by atoms with E-state index in [0.29, 0.717) is 22.0 Å². The van der Waals surface area contributed by atoms with Gasteiger partial charge < -0.3 is 15.0 Å². The first-order chi connectivity index (χ1) is 16.7. The summed E-state index contributed by atoms with van der Waals surface area (Å²) in [4.78, 5) is 32.6. The predicted octanol–water partition coefficient (Wildman–Crippen LogP) is 5.37. The Labute approximate surface area is 209 Å². The van der Waals surface area contributed by atoms with E-state index >= 15 is 0 Å². The Hall–Kier alpha value is -3.39. The minimum Gasteiger partial charge on any atom is -0.459 e. The average Bonchev–Trinajstić information content (AvgIpc) is 3.18. The van der Waals surface area contributed by atoms with E-state index in [2.05, 4.69) is 10.3 Å². The molecule has 0 radical (unpaired) electrons. The number of rotatable bonds is 7. The number of allylic oxidation sites excluding steroid dienone is 1. The van der Waals surface area contributed by atoms with Gasteiger partial charge in [-0.25, -0.2) is 14.2 Å². The molecule has 0 bridgehead atoms. The first-order valence-electron chi connectivity index (χ1n) is 11.5. The molecular weight excluding hydrogens is 465 g/mol. The van der Waals surface area contributed by atoms with Crippen LogP contribution in [0.25, 0.3) is 0 Å². The van der Waals surface area contributed by atoms with Gasteiger partial charge in [-0.15, -0.1) is 0 Å². The molecule has 0 saturated heterocycles. The maximum Gasteiger partial charge on any atom is 0.338 e. The third kappa shape index (κ3) is 5.65. The van der Waals surface area contributed by atoms with Crippen LogP contribution in [0.1, 0.15) is 49.9 Å². The fourth-order valence-electron chi connectivity index (χ4n) is 4.14. The normalized spacial score (nSPS) is 17.2. The minimum atomic E-state index is -0.467. The largest absolute Gasteiger partial charge is 0.459 e. The smallest absolute Gasteiger partial charge is 0.338 e. The van der Waals surface area contributed by atoms with E-state index in [1.54, 1.807) is 12.1 Å². The van der Waals surface area contributed by atoms with Crippen molar-refractivity contribution < 1.29 is 18.7 Å². The maximum absolute atomic E-state index is 13.5. The second kappa shape index (κ2) is 10.5. The number of thioether (sulfide) groups is 1. The Balaban J connectivity index is 1.61. The van der Waals surface area contributed by atoms with Gasteiger partial charge in [-0.1, -0.05) is 53.7 Å². The van der Waals surface area contributed by atoms with E-state index in [9.17, 15) is 14.0 Å². The predicted molar refractivity (Wildman–Crippen MR) is 136 cm³/mol. The molecule has 35 heavy (non-hydrogen) atoms. The van der Waals surface area contributed by atoms with Crippen molar-refractivity contribution in [2.45, 2.75) is 52.8 Å². The SMILES string of the molecule is CC1=C(C(=O)OC(C)C)[C@H](c2cccc(C)c2)N2C(CC(=O)NCc3cccc(F)c3)=CSC2=N1. The average molecular weight is 494 g/mol. The Morgan fingerprint density at radius 1 is 1.17 bits per heavy atom. The maximum atomic E-state index is 13.5. The molecule has 1 atom stereocenters. The van der Waals surface area contributed by atoms with Crippen molar-refractivity contribution in [3.63, 3.8) is 0 Å². The second-order valence-corrected chi connectivity index (χ2v) is 9.68. The number of carbonyl (C=O) groups excluding carboxylic acids is 2. The Morgan fingerprint density at radius 2 is 1.94 bits per heavy atom. The number of fused-ring (bicyclic) bond motifs is 1. The first-order valence-corrected chi connectivity index (χ1v) is 12.3. The highest BCUT2D eigenvalue weighted by atomic mass is 32.2. The van der Waals surface area contributed by atoms with Crippen LogP contribution in [0.5, 0.6) is 0 Å². The molecule has 2 heterocycles. The van der Waals surface area contributed by atoms with E-state index in [0.717, 1.165) is 16.8 Å². The summed E-state index contributed by atoms with van der Waals surface area (Å²) in [5.74, 6) is -0.966. The molecule has 0 fully saturated rings. The number of amides is 1. The molecule has 1 amide bonds. The van der Waals surface area contributed by atoms with Crippen LogP contribution in [-0.4, -0.2) is 28.0 Å². The zero-order valence-electron chi connectivity index (χ0n) is 20.2. The van der Waals surface area contributed by atoms with Crippen molar-refractivity contribution in [2.24, 2.45) is 4.99 Å². The molecule has 8 heteroatoms. The number of hydrogen-bond acceptors (Lipinski definition) is 6. The number of hydrogen-bond donors (Lipinski definition) is 1. The summed E-state index contributed by atoms with van der Waals surface area (Å²) in [5, 5.41) is 5.46. The molecule has 6 nitrogen and oxygen atoms in total. The Kier molecular flexibility index (Phi) is 7.40. The lowest BCUT2D eigenvalue weighted by Gasteiger charge is -2.36. The Morgan fingerprint density at radius 3 is 2.66 bits per heavy atom. The number of nitrogens with one attached hydrogen (secondary N) is 1. The number of amidine groups is 1. The highest BCUT2D eigenvalue weighted by molar-refractivity contribution is 8.16. The van der Waals surface area contributed by atoms with Gasteiger partial charge in [0.25, 0.3) is 0 Å². The Bertz CT molecular complexity index is 1250. The summed E-state index contributed by atoms with van der Waals surface area (Å²) in [6.45, 7) is 7.66. The van der Waals surface area contributed by atoms with E-state index in [1.165, 1.54) is 23.9 Å². The highest BCUT2D eigenvalue weighted by Gasteiger charge is 2.41. The molecule has 0 unspecified atom stereocenters. The number of benzene rings is 2. The van der Waals surface area contributed by atoms with Gasteiger partial charge in [0.15, 0.2) is 5.17 Å². The van der Waals surface area contributed by atoms with Crippen molar-refractivity contribution in [3.05, 3.63) is 93.4 Å². The summed E-state index contributed by atoms with van der Waals surface area (Å²) >= 11 is 1.42. The van der Waals surface area contributed by atoms with Crippen LogP contribution >= 0.6 is 11.8 Å². The van der Waals surface area contributed by atoms with Gasteiger partial charge in [-0.2, -0.15) is 0 Å². The van der Waals surface area contributed by atoms with Gasteiger partial charge in [0.05, 0.1) is 29.8 Å². The van der Waals surface area contributed by atoms with Crippen LogP contribution < -0.4 is 5.32 Å². The zero-order chi connectivity index (χ0) is 25.1. The number of nitrogens with zero attached hydrogens (tertiary/aromatic N) is 2.